The number of hydrogen-bond donors (Lipinski definition) is 3. The first-order valence-electron chi connectivity index (χ1n) is 11.7. The maximum Gasteiger partial charge on any atom is 0.296 e. The van der Waals surface area contributed by atoms with E-state index in [1.165, 1.54) is 24.3 Å². The van der Waals surface area contributed by atoms with Gasteiger partial charge in [0.15, 0.2) is 5.75 Å². The predicted molar refractivity (Wildman–Crippen MR) is 151 cm³/mol. The highest BCUT2D eigenvalue weighted by molar-refractivity contribution is 7.86. The minimum atomic E-state index is -4.62. The number of nitrogens with one attached hydrogen (secondary N) is 1. The van der Waals surface area contributed by atoms with Crippen LogP contribution in [0.3, 0.4) is 0 Å². The van der Waals surface area contributed by atoms with Crippen molar-refractivity contribution in [2.45, 2.75) is 25.2 Å². The lowest BCUT2D eigenvalue weighted by Crippen LogP contribution is -2.12. The monoisotopic (exact) mass is 587 g/mol. The number of aryl methyl sites for hydroxylation is 1. The molecule has 0 aliphatic heterocycles. The van der Waals surface area contributed by atoms with E-state index in [-0.39, 0.29) is 22.0 Å². The van der Waals surface area contributed by atoms with E-state index in [0.29, 0.717) is 45.8 Å². The maximum absolute atomic E-state index is 13.3. The van der Waals surface area contributed by atoms with Crippen LogP contribution in [0.2, 0.25) is 10.0 Å². The molecular weight excluding hydrogens is 565 g/mol. The van der Waals surface area contributed by atoms with Crippen LogP contribution in [0.1, 0.15) is 29.8 Å². The number of halogens is 2. The summed E-state index contributed by atoms with van der Waals surface area (Å²) < 4.78 is 38.5. The molecule has 202 valence electrons. The van der Waals surface area contributed by atoms with Crippen LogP contribution >= 0.6 is 23.2 Å². The standard InChI is InChI=1S/C27H23Cl2N3O6S/c1-3-15-9-10-22(39(35,36)37)23(29)24(15)31-32-25-20-8-6-5-7-16(20)11-21(26(25)33)27(34)30-18-12-17(28)13-19(14-18)38-4-2/h5-14,33H,3-4H2,1-2H3,(H,30,34)(H,35,36,37). The smallest absolute Gasteiger partial charge is 0.296 e. The van der Waals surface area contributed by atoms with E-state index in [4.69, 9.17) is 27.9 Å². The summed E-state index contributed by atoms with van der Waals surface area (Å²) in [6.07, 6.45) is 0.429. The molecule has 0 bridgehead atoms. The molecule has 0 radical (unpaired) electrons. The van der Waals surface area contributed by atoms with E-state index in [1.807, 2.05) is 13.8 Å². The van der Waals surface area contributed by atoms with E-state index in [1.54, 1.807) is 36.4 Å². The van der Waals surface area contributed by atoms with Gasteiger partial charge in [0, 0.05) is 22.2 Å². The SMILES string of the molecule is CCOc1cc(Cl)cc(NC(=O)c2cc3ccccc3c(N=Nc3c(CC)ccc(S(=O)(=O)O)c3Cl)c2O)c1. The summed E-state index contributed by atoms with van der Waals surface area (Å²) >= 11 is 12.4. The van der Waals surface area contributed by atoms with Crippen molar-refractivity contribution in [2.24, 2.45) is 10.2 Å². The fraction of sp³-hybridized carbons (Fsp3) is 0.148. The van der Waals surface area contributed by atoms with Gasteiger partial charge in [-0.05, 0) is 48.6 Å². The van der Waals surface area contributed by atoms with Gasteiger partial charge in [-0.1, -0.05) is 60.5 Å². The lowest BCUT2D eigenvalue weighted by Gasteiger charge is -2.13. The molecule has 0 atom stereocenters. The van der Waals surface area contributed by atoms with Crippen LogP contribution in [0.25, 0.3) is 10.8 Å². The van der Waals surface area contributed by atoms with Gasteiger partial charge in [0.25, 0.3) is 16.0 Å². The van der Waals surface area contributed by atoms with Crippen LogP contribution in [0.15, 0.2) is 75.8 Å². The zero-order valence-corrected chi connectivity index (χ0v) is 23.1. The van der Waals surface area contributed by atoms with Crippen molar-refractivity contribution in [3.8, 4) is 11.5 Å². The van der Waals surface area contributed by atoms with Gasteiger partial charge in [-0.25, -0.2) is 0 Å². The number of phenolic OH excluding ortho intramolecular Hbond substituents is 1. The number of fused-ring (bicyclic) bond motifs is 1. The van der Waals surface area contributed by atoms with Crippen LogP contribution < -0.4 is 10.1 Å². The molecule has 4 rings (SSSR count). The molecule has 9 nitrogen and oxygen atoms in total. The Morgan fingerprint density at radius 2 is 1.72 bits per heavy atom. The quantitative estimate of drug-likeness (QED) is 0.142. The molecule has 0 aliphatic carbocycles. The third-order valence-electron chi connectivity index (χ3n) is 5.75. The molecule has 12 heteroatoms. The van der Waals surface area contributed by atoms with Crippen molar-refractivity contribution < 1.29 is 27.6 Å². The summed E-state index contributed by atoms with van der Waals surface area (Å²) in [6, 6.07) is 15.8. The summed E-state index contributed by atoms with van der Waals surface area (Å²) in [5.41, 5.74) is 0.798. The molecule has 0 unspecified atom stereocenters. The molecule has 0 saturated carbocycles. The number of nitrogens with zero attached hydrogens (tertiary/aromatic N) is 2. The lowest BCUT2D eigenvalue weighted by molar-refractivity contribution is 0.102. The van der Waals surface area contributed by atoms with Crippen LogP contribution in [-0.4, -0.2) is 30.6 Å². The predicted octanol–water partition coefficient (Wildman–Crippen LogP) is 7.73. The number of rotatable bonds is 8. The second kappa shape index (κ2) is 11.6. The second-order valence-electron chi connectivity index (χ2n) is 8.32. The number of azo groups is 1. The van der Waals surface area contributed by atoms with Gasteiger partial charge in [-0.15, -0.1) is 10.2 Å². The molecule has 4 aromatic rings. The molecule has 39 heavy (non-hydrogen) atoms. The summed E-state index contributed by atoms with van der Waals surface area (Å²) in [6.45, 7) is 4.03. The van der Waals surface area contributed by atoms with Gasteiger partial charge in [0.05, 0.1) is 17.2 Å². The average Bonchev–Trinajstić information content (AvgIpc) is 2.87. The first-order valence-corrected chi connectivity index (χ1v) is 13.9. The van der Waals surface area contributed by atoms with Gasteiger partial charge in [-0.3, -0.25) is 9.35 Å². The maximum atomic E-state index is 13.3. The van der Waals surface area contributed by atoms with Crippen molar-refractivity contribution in [3.63, 3.8) is 0 Å². The molecular formula is C27H23Cl2N3O6S. The van der Waals surface area contributed by atoms with E-state index in [9.17, 15) is 22.9 Å². The van der Waals surface area contributed by atoms with Crippen LogP contribution in [0.4, 0.5) is 17.1 Å². The highest BCUT2D eigenvalue weighted by atomic mass is 35.5. The van der Waals surface area contributed by atoms with E-state index >= 15 is 0 Å². The number of anilines is 1. The topological polar surface area (TPSA) is 138 Å². The number of benzene rings is 4. The fourth-order valence-electron chi connectivity index (χ4n) is 3.95. The Morgan fingerprint density at radius 1 is 1.00 bits per heavy atom. The molecule has 0 aliphatic rings. The van der Waals surface area contributed by atoms with Gasteiger partial charge in [0.1, 0.15) is 22.0 Å². The van der Waals surface area contributed by atoms with Crippen molar-refractivity contribution in [3.05, 3.63) is 81.8 Å². The van der Waals surface area contributed by atoms with Crippen LogP contribution in [-0.2, 0) is 16.5 Å². The average molecular weight is 588 g/mol. The molecule has 0 saturated heterocycles. The van der Waals surface area contributed by atoms with Gasteiger partial charge in [0.2, 0.25) is 0 Å². The fourth-order valence-corrected chi connectivity index (χ4v) is 5.26. The van der Waals surface area contributed by atoms with Crippen LogP contribution in [0, 0.1) is 0 Å². The number of carbonyl (C=O) groups is 1. The number of amides is 1. The normalized spacial score (nSPS) is 11.7. The molecule has 0 spiro atoms. The Hall–Kier alpha value is -3.70. The zero-order chi connectivity index (χ0) is 28.3. The van der Waals surface area contributed by atoms with E-state index in [2.05, 4.69) is 15.5 Å². The molecule has 0 aromatic heterocycles. The summed E-state index contributed by atoms with van der Waals surface area (Å²) in [5, 5.41) is 23.3. The number of phenols is 1. The number of carbonyl (C=O) groups excluding carboxylic acids is 1. The highest BCUT2D eigenvalue weighted by Crippen LogP contribution is 2.42. The first-order chi connectivity index (χ1) is 18.5. The van der Waals surface area contributed by atoms with Crippen LogP contribution in [0.5, 0.6) is 11.5 Å². The summed E-state index contributed by atoms with van der Waals surface area (Å²) in [5.74, 6) is -0.629. The first kappa shape index (κ1) is 28.3. The van der Waals surface area contributed by atoms with Crippen molar-refractivity contribution in [2.75, 3.05) is 11.9 Å². The zero-order valence-electron chi connectivity index (χ0n) is 20.8. The molecule has 3 N–H and O–H groups in total. The Kier molecular flexibility index (Phi) is 8.41. The Morgan fingerprint density at radius 3 is 2.41 bits per heavy atom. The number of hydrogen-bond acceptors (Lipinski definition) is 7. The molecule has 0 fully saturated rings. The number of aromatic hydroxyl groups is 1. The van der Waals surface area contributed by atoms with Crippen molar-refractivity contribution in [1.29, 1.82) is 0 Å². The minimum Gasteiger partial charge on any atom is -0.505 e. The molecule has 0 heterocycles. The van der Waals surface area contributed by atoms with Gasteiger partial charge < -0.3 is 15.2 Å². The summed E-state index contributed by atoms with van der Waals surface area (Å²) in [7, 11) is -4.62. The van der Waals surface area contributed by atoms with Gasteiger partial charge in [-0.2, -0.15) is 8.42 Å². The van der Waals surface area contributed by atoms with E-state index < -0.39 is 26.7 Å². The minimum absolute atomic E-state index is 0.00927. The van der Waals surface area contributed by atoms with Crippen molar-refractivity contribution >= 4 is 67.1 Å². The largest absolute Gasteiger partial charge is 0.505 e. The second-order valence-corrected chi connectivity index (χ2v) is 10.5. The van der Waals surface area contributed by atoms with Gasteiger partial charge >= 0.3 is 0 Å². The Balaban J connectivity index is 1.82. The lowest BCUT2D eigenvalue weighted by atomic mass is 10.0. The highest BCUT2D eigenvalue weighted by Gasteiger charge is 2.22. The van der Waals surface area contributed by atoms with E-state index in [0.717, 1.165) is 0 Å². The molecule has 4 aromatic carbocycles. The third-order valence-corrected chi connectivity index (χ3v) is 7.36. The number of ether oxygens (including phenoxy) is 1. The Bertz CT molecular complexity index is 1720. The van der Waals surface area contributed by atoms with Crippen molar-refractivity contribution in [1.82, 2.24) is 0 Å². The Labute approximate surface area is 234 Å². The summed E-state index contributed by atoms with van der Waals surface area (Å²) in [4.78, 5) is 12.7. The molecule has 1 amide bonds. The third kappa shape index (κ3) is 6.15.